The van der Waals surface area contributed by atoms with Crippen LogP contribution in [-0.2, 0) is 30.5 Å². The quantitative estimate of drug-likeness (QED) is 0.324. The first kappa shape index (κ1) is 24.8. The minimum atomic E-state index is -1.13. The number of ketones is 1. The number of hydrogen-bond donors (Lipinski definition) is 0. The van der Waals surface area contributed by atoms with Gasteiger partial charge in [-0.3, -0.25) is 14.5 Å². The molecule has 0 unspecified atom stereocenters. The summed E-state index contributed by atoms with van der Waals surface area (Å²) in [7, 11) is 0. The molecule has 0 aliphatic carbocycles. The third-order valence-electron chi connectivity index (χ3n) is 6.05. The molecule has 33 heavy (non-hydrogen) atoms. The van der Waals surface area contributed by atoms with Crippen LogP contribution in [0, 0.1) is 5.92 Å². The summed E-state index contributed by atoms with van der Waals surface area (Å²) < 4.78 is 11.7. The maximum absolute atomic E-state index is 13.3. The Morgan fingerprint density at radius 1 is 1.12 bits per heavy atom. The summed E-state index contributed by atoms with van der Waals surface area (Å²) in [5.74, 6) is -1.97. The number of hydrogen-bond acceptors (Lipinski definition) is 6. The van der Waals surface area contributed by atoms with Gasteiger partial charge in [0, 0.05) is 12.5 Å². The lowest BCUT2D eigenvalue weighted by molar-refractivity contribution is -0.167. The lowest BCUT2D eigenvalue weighted by atomic mass is 9.81. The molecular weight excluding hydrogens is 418 g/mol. The van der Waals surface area contributed by atoms with Gasteiger partial charge in [0.05, 0.1) is 25.3 Å². The summed E-state index contributed by atoms with van der Waals surface area (Å²) in [6, 6.07) is 19.2. The fraction of sp³-hybridized carbons (Fsp3) is 0.444. The summed E-state index contributed by atoms with van der Waals surface area (Å²) in [6.07, 6.45) is 0.751. The van der Waals surface area contributed by atoms with Crippen LogP contribution in [0.25, 0.3) is 0 Å². The second-order valence-corrected chi connectivity index (χ2v) is 9.60. The Morgan fingerprint density at radius 3 is 2.30 bits per heavy atom. The largest absolute Gasteiger partial charge is 0.459 e. The number of rotatable bonds is 9. The van der Waals surface area contributed by atoms with Crippen LogP contribution in [0.15, 0.2) is 60.7 Å². The Hall–Kier alpha value is -2.83. The van der Waals surface area contributed by atoms with Gasteiger partial charge in [-0.15, -0.1) is 0 Å². The number of carbonyl (C=O) groups is 3. The Labute approximate surface area is 195 Å². The Bertz CT molecular complexity index is 953. The summed E-state index contributed by atoms with van der Waals surface area (Å²) in [4.78, 5) is 40.4. The molecule has 3 atom stereocenters. The third kappa shape index (κ3) is 5.75. The maximum Gasteiger partial charge on any atom is 0.319 e. The normalized spacial score (nSPS) is 22.2. The van der Waals surface area contributed by atoms with Crippen molar-refractivity contribution in [1.29, 1.82) is 0 Å². The van der Waals surface area contributed by atoms with Crippen molar-refractivity contribution in [3.05, 3.63) is 71.8 Å². The number of benzene rings is 2. The maximum atomic E-state index is 13.3. The molecule has 1 saturated heterocycles. The molecule has 6 heteroatoms. The van der Waals surface area contributed by atoms with Crippen LogP contribution in [0.4, 0.5) is 0 Å². The number of nitrogens with zero attached hydrogens (tertiary/aromatic N) is 1. The molecule has 0 spiro atoms. The van der Waals surface area contributed by atoms with Gasteiger partial charge in [-0.25, -0.2) is 0 Å². The fourth-order valence-corrected chi connectivity index (χ4v) is 4.55. The monoisotopic (exact) mass is 451 g/mol. The van der Waals surface area contributed by atoms with Crippen LogP contribution < -0.4 is 0 Å². The highest BCUT2D eigenvalue weighted by molar-refractivity contribution is 6.04. The van der Waals surface area contributed by atoms with Gasteiger partial charge in [-0.1, -0.05) is 60.7 Å². The molecule has 0 N–H and O–H groups in total. The van der Waals surface area contributed by atoms with Crippen molar-refractivity contribution < 1.29 is 23.9 Å². The van der Waals surface area contributed by atoms with Crippen LogP contribution >= 0.6 is 0 Å². The first-order chi connectivity index (χ1) is 15.7. The summed E-state index contributed by atoms with van der Waals surface area (Å²) in [5.41, 5.74) is 0.0757. The van der Waals surface area contributed by atoms with Gasteiger partial charge in [0.15, 0.2) is 5.78 Å². The van der Waals surface area contributed by atoms with Gasteiger partial charge >= 0.3 is 5.97 Å². The molecule has 2 aromatic rings. The Morgan fingerprint density at radius 2 is 1.73 bits per heavy atom. The van der Waals surface area contributed by atoms with E-state index in [-0.39, 0.29) is 31.4 Å². The molecule has 6 nitrogen and oxygen atoms in total. The lowest BCUT2D eigenvalue weighted by Gasteiger charge is -2.43. The molecule has 3 rings (SSSR count). The van der Waals surface area contributed by atoms with Gasteiger partial charge in [0.1, 0.15) is 17.8 Å². The zero-order valence-electron chi connectivity index (χ0n) is 19.8. The second kappa shape index (κ2) is 10.4. The van der Waals surface area contributed by atoms with E-state index in [9.17, 15) is 14.4 Å². The minimum Gasteiger partial charge on any atom is -0.459 e. The highest BCUT2D eigenvalue weighted by Gasteiger charge is 2.59. The van der Waals surface area contributed by atoms with Crippen LogP contribution in [0.2, 0.25) is 0 Å². The fourth-order valence-electron chi connectivity index (χ4n) is 4.55. The average molecular weight is 452 g/mol. The topological polar surface area (TPSA) is 72.9 Å². The molecule has 1 aliphatic rings. The summed E-state index contributed by atoms with van der Waals surface area (Å²) in [5, 5.41) is 0. The molecule has 0 aromatic heterocycles. The molecule has 0 saturated carbocycles. The van der Waals surface area contributed by atoms with Crippen molar-refractivity contribution in [3.8, 4) is 0 Å². The zero-order chi connectivity index (χ0) is 24.1. The molecule has 1 fully saturated rings. The van der Waals surface area contributed by atoms with E-state index < -0.39 is 23.0 Å². The van der Waals surface area contributed by atoms with Crippen molar-refractivity contribution in [1.82, 2.24) is 4.90 Å². The van der Waals surface area contributed by atoms with E-state index in [2.05, 4.69) is 0 Å². The van der Waals surface area contributed by atoms with Crippen molar-refractivity contribution in [3.63, 3.8) is 0 Å². The van der Waals surface area contributed by atoms with Crippen molar-refractivity contribution in [2.45, 2.75) is 57.9 Å². The predicted molar refractivity (Wildman–Crippen MR) is 125 cm³/mol. The summed E-state index contributed by atoms with van der Waals surface area (Å²) in [6.45, 7) is 7.68. The van der Waals surface area contributed by atoms with Crippen molar-refractivity contribution >= 4 is 18.0 Å². The van der Waals surface area contributed by atoms with Crippen molar-refractivity contribution in [2.24, 2.45) is 5.92 Å². The van der Waals surface area contributed by atoms with Crippen LogP contribution in [-0.4, -0.2) is 47.2 Å². The van der Waals surface area contributed by atoms with E-state index in [0.29, 0.717) is 6.61 Å². The number of likely N-dealkylation sites (tertiary alicyclic amines) is 1. The van der Waals surface area contributed by atoms with Crippen LogP contribution in [0.3, 0.4) is 0 Å². The van der Waals surface area contributed by atoms with E-state index >= 15 is 0 Å². The highest BCUT2D eigenvalue weighted by atomic mass is 16.6. The molecule has 176 valence electrons. The summed E-state index contributed by atoms with van der Waals surface area (Å²) >= 11 is 0. The average Bonchev–Trinajstić information content (AvgIpc) is 3.05. The van der Waals surface area contributed by atoms with Gasteiger partial charge in [0.2, 0.25) is 0 Å². The molecule has 0 radical (unpaired) electrons. The number of aldehydes is 1. The molecule has 0 amide bonds. The first-order valence-electron chi connectivity index (χ1n) is 11.3. The standard InChI is InChI=1S/C27H33NO5/c1-20(22-13-9-6-10-14-22)28-17-23(30)24(25(31)33-26(2,3)4)27(28,15-16-29)19-32-18-21-11-7-5-8-12-21/h5-14,16,20,24H,15,17-19H2,1-4H3/t20-,24+,27-/m1/s1. The van der Waals surface area contributed by atoms with Crippen molar-refractivity contribution in [2.75, 3.05) is 13.2 Å². The minimum absolute atomic E-state index is 0.0192. The lowest BCUT2D eigenvalue weighted by Crippen LogP contribution is -2.55. The Balaban J connectivity index is 1.98. The molecule has 2 aromatic carbocycles. The zero-order valence-corrected chi connectivity index (χ0v) is 19.8. The molecule has 1 aliphatic heterocycles. The first-order valence-corrected chi connectivity index (χ1v) is 11.3. The smallest absolute Gasteiger partial charge is 0.319 e. The number of carbonyl (C=O) groups excluding carboxylic acids is 3. The van der Waals surface area contributed by atoms with E-state index in [0.717, 1.165) is 17.4 Å². The number of Topliss-reactive ketones (excluding diaryl/α,β-unsaturated/α-hetero) is 1. The highest BCUT2D eigenvalue weighted by Crippen LogP contribution is 2.42. The van der Waals surface area contributed by atoms with E-state index in [1.165, 1.54) is 0 Å². The third-order valence-corrected chi connectivity index (χ3v) is 6.05. The van der Waals surface area contributed by atoms with Gasteiger partial charge in [-0.2, -0.15) is 0 Å². The molecular formula is C27H33NO5. The second-order valence-electron chi connectivity index (χ2n) is 9.60. The molecule has 0 bridgehead atoms. The Kier molecular flexibility index (Phi) is 7.82. The number of esters is 1. The van der Waals surface area contributed by atoms with Gasteiger partial charge in [0.25, 0.3) is 0 Å². The van der Waals surface area contributed by atoms with E-state index in [1.807, 2.05) is 72.5 Å². The number of ether oxygens (including phenoxy) is 2. The van der Waals surface area contributed by atoms with E-state index in [4.69, 9.17) is 9.47 Å². The van der Waals surface area contributed by atoms with Gasteiger partial charge in [-0.05, 0) is 38.8 Å². The predicted octanol–water partition coefficient (Wildman–Crippen LogP) is 4.13. The van der Waals surface area contributed by atoms with Crippen LogP contribution in [0.5, 0.6) is 0 Å². The van der Waals surface area contributed by atoms with E-state index in [1.54, 1.807) is 20.8 Å². The molecule has 1 heterocycles. The van der Waals surface area contributed by atoms with Crippen LogP contribution in [0.1, 0.15) is 51.3 Å². The SMILES string of the molecule is C[C@H](c1ccccc1)N1CC(=O)[C@@H](C(=O)OC(C)(C)C)[C@@]1(CC=O)COCc1ccccc1. The van der Waals surface area contributed by atoms with Gasteiger partial charge < -0.3 is 14.3 Å².